The lowest BCUT2D eigenvalue weighted by Crippen LogP contribution is -2.14. The van der Waals surface area contributed by atoms with Gasteiger partial charge in [-0.2, -0.15) is 0 Å². The Hall–Kier alpha value is -0.600. The Bertz CT molecular complexity index is 339. The normalized spacial score (nSPS) is 13.1. The monoisotopic (exact) mass is 244 g/mol. The summed E-state index contributed by atoms with van der Waals surface area (Å²) in [6, 6.07) is 4.45. The first-order valence-corrected chi connectivity index (χ1v) is 6.00. The van der Waals surface area contributed by atoms with Crippen LogP contribution in [0.1, 0.15) is 32.3 Å². The second-order valence-corrected chi connectivity index (χ2v) is 4.85. The van der Waals surface area contributed by atoms with Crippen molar-refractivity contribution in [3.05, 3.63) is 34.6 Å². The zero-order chi connectivity index (χ0) is 12.1. The number of halogens is 2. The van der Waals surface area contributed by atoms with Gasteiger partial charge in [-0.25, -0.2) is 4.39 Å². The lowest BCUT2D eigenvalue weighted by atomic mass is 9.99. The Morgan fingerprint density at radius 2 is 2.06 bits per heavy atom. The third-order valence-corrected chi connectivity index (χ3v) is 3.08. The van der Waals surface area contributed by atoms with Gasteiger partial charge in [-0.1, -0.05) is 31.5 Å². The van der Waals surface area contributed by atoms with Crippen LogP contribution < -0.4 is 0 Å². The van der Waals surface area contributed by atoms with E-state index in [1.165, 1.54) is 12.1 Å². The molecule has 0 aliphatic rings. The van der Waals surface area contributed by atoms with Gasteiger partial charge in [0.15, 0.2) is 0 Å². The Morgan fingerprint density at radius 1 is 1.38 bits per heavy atom. The van der Waals surface area contributed by atoms with Gasteiger partial charge in [0.05, 0.1) is 6.10 Å². The number of aliphatic hydroxyl groups is 1. The van der Waals surface area contributed by atoms with Crippen molar-refractivity contribution in [1.29, 1.82) is 0 Å². The minimum atomic E-state index is -0.309. The molecule has 0 aliphatic carbocycles. The molecular weight excluding hydrogens is 227 g/mol. The highest BCUT2D eigenvalue weighted by atomic mass is 35.5. The molecule has 0 heterocycles. The first-order valence-electron chi connectivity index (χ1n) is 5.62. The highest BCUT2D eigenvalue weighted by Gasteiger charge is 2.09. The molecule has 0 saturated heterocycles. The lowest BCUT2D eigenvalue weighted by molar-refractivity contribution is 0.114. The SMILES string of the molecule is CC(C)C(O)CCCc1ccc(F)cc1Cl. The summed E-state index contributed by atoms with van der Waals surface area (Å²) >= 11 is 5.90. The number of hydrogen-bond donors (Lipinski definition) is 1. The van der Waals surface area contributed by atoms with Crippen molar-refractivity contribution in [2.75, 3.05) is 0 Å². The van der Waals surface area contributed by atoms with Crippen molar-refractivity contribution < 1.29 is 9.50 Å². The van der Waals surface area contributed by atoms with Gasteiger partial charge in [0.2, 0.25) is 0 Å². The molecule has 0 fully saturated rings. The summed E-state index contributed by atoms with van der Waals surface area (Å²) < 4.78 is 12.8. The summed E-state index contributed by atoms with van der Waals surface area (Å²) in [6.07, 6.45) is 2.14. The molecule has 90 valence electrons. The molecule has 0 bridgehead atoms. The van der Waals surface area contributed by atoms with Crippen LogP contribution in [0.4, 0.5) is 4.39 Å². The first kappa shape index (κ1) is 13.5. The fourth-order valence-corrected chi connectivity index (χ4v) is 1.82. The maximum atomic E-state index is 12.8. The van der Waals surface area contributed by atoms with E-state index in [4.69, 9.17) is 11.6 Å². The average Bonchev–Trinajstić information content (AvgIpc) is 2.20. The molecule has 0 radical (unpaired) electrons. The molecule has 0 aliphatic heterocycles. The summed E-state index contributed by atoms with van der Waals surface area (Å²) in [5.74, 6) is -0.0281. The van der Waals surface area contributed by atoms with Crippen molar-refractivity contribution in [2.45, 2.75) is 39.2 Å². The summed E-state index contributed by atoms with van der Waals surface area (Å²) in [4.78, 5) is 0. The maximum absolute atomic E-state index is 12.8. The zero-order valence-corrected chi connectivity index (χ0v) is 10.5. The van der Waals surface area contributed by atoms with Crippen molar-refractivity contribution in [3.63, 3.8) is 0 Å². The second kappa shape index (κ2) is 6.21. The number of hydrogen-bond acceptors (Lipinski definition) is 1. The summed E-state index contributed by atoms with van der Waals surface area (Å²) in [6.45, 7) is 3.99. The molecule has 1 atom stereocenters. The molecule has 3 heteroatoms. The van der Waals surface area contributed by atoms with Gasteiger partial charge in [-0.3, -0.25) is 0 Å². The van der Waals surface area contributed by atoms with E-state index in [1.807, 2.05) is 13.8 Å². The van der Waals surface area contributed by atoms with Crippen molar-refractivity contribution >= 4 is 11.6 Å². The van der Waals surface area contributed by atoms with E-state index in [0.29, 0.717) is 5.02 Å². The average molecular weight is 245 g/mol. The predicted octanol–water partition coefficient (Wildman–Crippen LogP) is 3.82. The Labute approximate surface area is 101 Å². The second-order valence-electron chi connectivity index (χ2n) is 4.44. The van der Waals surface area contributed by atoms with E-state index in [9.17, 15) is 9.50 Å². The largest absolute Gasteiger partial charge is 0.393 e. The van der Waals surface area contributed by atoms with Crippen LogP contribution in [0, 0.1) is 11.7 Å². The van der Waals surface area contributed by atoms with Crippen LogP contribution in [-0.4, -0.2) is 11.2 Å². The molecule has 1 N–H and O–H groups in total. The molecule has 1 unspecified atom stereocenters. The molecule has 1 nitrogen and oxygen atoms in total. The van der Waals surface area contributed by atoms with Crippen LogP contribution in [-0.2, 0) is 6.42 Å². The molecule has 16 heavy (non-hydrogen) atoms. The molecule has 0 spiro atoms. The molecule has 1 aromatic carbocycles. The van der Waals surface area contributed by atoms with E-state index in [1.54, 1.807) is 6.07 Å². The van der Waals surface area contributed by atoms with Crippen LogP contribution in [0.15, 0.2) is 18.2 Å². The van der Waals surface area contributed by atoms with Gasteiger partial charge < -0.3 is 5.11 Å². The molecule has 0 amide bonds. The van der Waals surface area contributed by atoms with E-state index in [2.05, 4.69) is 0 Å². The summed E-state index contributed by atoms with van der Waals surface area (Å²) in [5.41, 5.74) is 0.944. The number of benzene rings is 1. The van der Waals surface area contributed by atoms with Crippen LogP contribution in [0.2, 0.25) is 5.02 Å². The first-order chi connectivity index (χ1) is 7.50. The third-order valence-electron chi connectivity index (χ3n) is 2.73. The molecule has 0 saturated carbocycles. The van der Waals surface area contributed by atoms with E-state index < -0.39 is 0 Å². The van der Waals surface area contributed by atoms with Gasteiger partial charge in [0.1, 0.15) is 5.82 Å². The summed E-state index contributed by atoms with van der Waals surface area (Å²) in [5, 5.41) is 10.1. The summed E-state index contributed by atoms with van der Waals surface area (Å²) in [7, 11) is 0. The molecule has 0 aromatic heterocycles. The van der Waals surface area contributed by atoms with Gasteiger partial charge in [0, 0.05) is 5.02 Å². The standard InChI is InChI=1S/C13H18ClFO/c1-9(2)13(16)5-3-4-10-6-7-11(15)8-12(10)14/h6-9,13,16H,3-5H2,1-2H3. The topological polar surface area (TPSA) is 20.2 Å². The Balaban J connectivity index is 2.43. The fourth-order valence-electron chi connectivity index (χ4n) is 1.56. The van der Waals surface area contributed by atoms with Crippen molar-refractivity contribution in [2.24, 2.45) is 5.92 Å². The molecule has 1 aromatic rings. The maximum Gasteiger partial charge on any atom is 0.124 e. The van der Waals surface area contributed by atoms with Gasteiger partial charge in [0.25, 0.3) is 0 Å². The Morgan fingerprint density at radius 3 is 2.62 bits per heavy atom. The van der Waals surface area contributed by atoms with Crippen LogP contribution in [0.25, 0.3) is 0 Å². The number of aliphatic hydroxyl groups excluding tert-OH is 1. The predicted molar refractivity (Wildman–Crippen MR) is 65.2 cm³/mol. The highest BCUT2D eigenvalue weighted by molar-refractivity contribution is 6.31. The van der Waals surface area contributed by atoms with E-state index in [-0.39, 0.29) is 17.8 Å². The zero-order valence-electron chi connectivity index (χ0n) is 9.71. The van der Waals surface area contributed by atoms with Crippen LogP contribution in [0.3, 0.4) is 0 Å². The van der Waals surface area contributed by atoms with Gasteiger partial charge >= 0.3 is 0 Å². The van der Waals surface area contributed by atoms with Crippen LogP contribution in [0.5, 0.6) is 0 Å². The van der Waals surface area contributed by atoms with Crippen molar-refractivity contribution in [1.82, 2.24) is 0 Å². The molecule has 1 rings (SSSR count). The minimum Gasteiger partial charge on any atom is -0.393 e. The third kappa shape index (κ3) is 4.11. The Kier molecular flexibility index (Phi) is 5.23. The van der Waals surface area contributed by atoms with Crippen LogP contribution >= 0.6 is 11.6 Å². The van der Waals surface area contributed by atoms with Gasteiger partial charge in [-0.15, -0.1) is 0 Å². The molecular formula is C13H18ClFO. The van der Waals surface area contributed by atoms with Crippen molar-refractivity contribution in [3.8, 4) is 0 Å². The number of aryl methyl sites for hydroxylation is 1. The minimum absolute atomic E-state index is 0.265. The van der Waals surface area contributed by atoms with E-state index >= 15 is 0 Å². The quantitative estimate of drug-likeness (QED) is 0.835. The highest BCUT2D eigenvalue weighted by Crippen LogP contribution is 2.20. The smallest absolute Gasteiger partial charge is 0.124 e. The fraction of sp³-hybridized carbons (Fsp3) is 0.538. The van der Waals surface area contributed by atoms with Gasteiger partial charge in [-0.05, 0) is 42.9 Å². The lowest BCUT2D eigenvalue weighted by Gasteiger charge is -2.14. The van der Waals surface area contributed by atoms with E-state index in [0.717, 1.165) is 24.8 Å². The number of rotatable bonds is 5.